The molecule has 1 aromatic rings. The molecule has 1 atom stereocenters. The van der Waals surface area contributed by atoms with Crippen LogP contribution in [0, 0.1) is 6.92 Å². The van der Waals surface area contributed by atoms with E-state index in [9.17, 15) is 4.79 Å². The van der Waals surface area contributed by atoms with Gasteiger partial charge in [-0.25, -0.2) is 0 Å². The summed E-state index contributed by atoms with van der Waals surface area (Å²) in [7, 11) is 1.75. The Hall–Kier alpha value is -1.32. The molecule has 4 nitrogen and oxygen atoms in total. The third kappa shape index (κ3) is 1.32. The molecule has 0 aliphatic heterocycles. The molecule has 0 spiro atoms. The van der Waals surface area contributed by atoms with Crippen molar-refractivity contribution in [3.63, 3.8) is 0 Å². The van der Waals surface area contributed by atoms with Crippen molar-refractivity contribution in [1.82, 2.24) is 9.78 Å². The number of carboxylic acids is 1. The summed E-state index contributed by atoms with van der Waals surface area (Å²) in [5, 5.41) is 12.7. The van der Waals surface area contributed by atoms with Crippen LogP contribution in [-0.2, 0) is 11.8 Å². The van der Waals surface area contributed by atoms with Crippen LogP contribution in [0.2, 0.25) is 0 Å². The Morgan fingerprint density at radius 3 is 2.67 bits per heavy atom. The van der Waals surface area contributed by atoms with Crippen LogP contribution in [0.1, 0.15) is 24.1 Å². The monoisotopic (exact) mass is 168 g/mol. The molecule has 0 amide bonds. The van der Waals surface area contributed by atoms with Crippen LogP contribution in [0.25, 0.3) is 0 Å². The quantitative estimate of drug-likeness (QED) is 0.714. The number of aliphatic carboxylic acids is 1. The summed E-state index contributed by atoms with van der Waals surface area (Å²) in [6, 6.07) is 0. The molecule has 0 radical (unpaired) electrons. The maximum absolute atomic E-state index is 10.7. The minimum Gasteiger partial charge on any atom is -0.481 e. The lowest BCUT2D eigenvalue weighted by Gasteiger charge is -2.07. The number of carbonyl (C=O) groups is 1. The number of carboxylic acid groups (broad SMARTS) is 1. The zero-order valence-corrected chi connectivity index (χ0v) is 7.40. The number of aromatic nitrogens is 2. The van der Waals surface area contributed by atoms with Gasteiger partial charge in [-0.1, -0.05) is 0 Å². The van der Waals surface area contributed by atoms with Gasteiger partial charge in [0.2, 0.25) is 0 Å². The summed E-state index contributed by atoms with van der Waals surface area (Å²) in [5.74, 6) is -1.31. The molecular formula is C8H12N2O2. The predicted octanol–water partition coefficient (Wildman–Crippen LogP) is 0.917. The van der Waals surface area contributed by atoms with Crippen molar-refractivity contribution in [1.29, 1.82) is 0 Å². The Morgan fingerprint density at radius 1 is 1.75 bits per heavy atom. The van der Waals surface area contributed by atoms with Gasteiger partial charge < -0.3 is 5.11 Å². The van der Waals surface area contributed by atoms with E-state index in [4.69, 9.17) is 5.11 Å². The highest BCUT2D eigenvalue weighted by Crippen LogP contribution is 2.17. The lowest BCUT2D eigenvalue weighted by atomic mass is 10.1. The molecule has 0 saturated heterocycles. The van der Waals surface area contributed by atoms with Crippen LogP contribution in [0.3, 0.4) is 0 Å². The van der Waals surface area contributed by atoms with Gasteiger partial charge in [-0.2, -0.15) is 5.10 Å². The van der Waals surface area contributed by atoms with Gasteiger partial charge in [0.15, 0.2) is 0 Å². The van der Waals surface area contributed by atoms with Crippen molar-refractivity contribution >= 4 is 5.97 Å². The minimum atomic E-state index is -0.818. The number of rotatable bonds is 2. The molecule has 0 saturated carbocycles. The third-order valence-electron chi connectivity index (χ3n) is 1.96. The molecule has 1 rings (SSSR count). The first-order chi connectivity index (χ1) is 5.54. The van der Waals surface area contributed by atoms with Crippen LogP contribution in [0.4, 0.5) is 0 Å². The van der Waals surface area contributed by atoms with Crippen LogP contribution >= 0.6 is 0 Å². The van der Waals surface area contributed by atoms with E-state index in [0.29, 0.717) is 0 Å². The van der Waals surface area contributed by atoms with Crippen molar-refractivity contribution in [2.45, 2.75) is 19.8 Å². The Labute approximate surface area is 70.8 Å². The zero-order chi connectivity index (χ0) is 9.30. The van der Waals surface area contributed by atoms with E-state index in [1.54, 1.807) is 24.9 Å². The Kier molecular flexibility index (Phi) is 2.17. The summed E-state index contributed by atoms with van der Waals surface area (Å²) in [6.07, 6.45) is 1.68. The molecule has 0 bridgehead atoms. The van der Waals surface area contributed by atoms with Crippen molar-refractivity contribution in [3.05, 3.63) is 17.5 Å². The summed E-state index contributed by atoms with van der Waals surface area (Å²) < 4.78 is 1.61. The Bertz CT molecular complexity index is 285. The summed E-state index contributed by atoms with van der Waals surface area (Å²) in [6.45, 7) is 3.52. The molecule has 0 aliphatic rings. The first kappa shape index (κ1) is 8.77. The van der Waals surface area contributed by atoms with Crippen LogP contribution in [-0.4, -0.2) is 20.9 Å². The molecule has 1 N–H and O–H groups in total. The largest absolute Gasteiger partial charge is 0.481 e. The highest BCUT2D eigenvalue weighted by molar-refractivity contribution is 5.75. The smallest absolute Gasteiger partial charge is 0.312 e. The van der Waals surface area contributed by atoms with Gasteiger partial charge in [-0.3, -0.25) is 9.48 Å². The second-order valence-electron chi connectivity index (χ2n) is 2.90. The number of nitrogens with zero attached hydrogens (tertiary/aromatic N) is 2. The van der Waals surface area contributed by atoms with Gasteiger partial charge in [0.25, 0.3) is 0 Å². The summed E-state index contributed by atoms with van der Waals surface area (Å²) in [5.41, 5.74) is 1.69. The van der Waals surface area contributed by atoms with E-state index in [1.807, 2.05) is 6.92 Å². The highest BCUT2D eigenvalue weighted by atomic mass is 16.4. The topological polar surface area (TPSA) is 55.1 Å². The van der Waals surface area contributed by atoms with E-state index < -0.39 is 11.9 Å². The molecule has 0 fully saturated rings. The van der Waals surface area contributed by atoms with Crippen molar-refractivity contribution in [2.75, 3.05) is 0 Å². The van der Waals surface area contributed by atoms with E-state index >= 15 is 0 Å². The lowest BCUT2D eigenvalue weighted by molar-refractivity contribution is -0.138. The molecule has 0 aromatic carbocycles. The zero-order valence-electron chi connectivity index (χ0n) is 7.40. The molecule has 1 aromatic heterocycles. The molecule has 1 unspecified atom stereocenters. The van der Waals surface area contributed by atoms with E-state index in [-0.39, 0.29) is 0 Å². The fraction of sp³-hybridized carbons (Fsp3) is 0.500. The Morgan fingerprint density at radius 2 is 2.33 bits per heavy atom. The average molecular weight is 168 g/mol. The van der Waals surface area contributed by atoms with Crippen molar-refractivity contribution in [2.24, 2.45) is 7.05 Å². The average Bonchev–Trinajstić information content (AvgIpc) is 2.30. The standard InChI is InChI=1S/C8H12N2O2/c1-5-4-9-10(3)7(5)6(2)8(11)12/h4,6H,1-3H3,(H,11,12). The SMILES string of the molecule is Cc1cnn(C)c1C(C)C(=O)O. The molecule has 12 heavy (non-hydrogen) atoms. The number of aryl methyl sites for hydroxylation is 2. The second-order valence-corrected chi connectivity index (χ2v) is 2.90. The van der Waals surface area contributed by atoms with E-state index in [1.165, 1.54) is 0 Å². The van der Waals surface area contributed by atoms with Gasteiger partial charge in [0.1, 0.15) is 0 Å². The molecule has 0 aliphatic carbocycles. The summed E-state index contributed by atoms with van der Waals surface area (Å²) in [4.78, 5) is 10.7. The lowest BCUT2D eigenvalue weighted by Crippen LogP contribution is -2.12. The molecular weight excluding hydrogens is 156 g/mol. The van der Waals surface area contributed by atoms with Gasteiger partial charge in [-0.05, 0) is 19.4 Å². The van der Waals surface area contributed by atoms with Crippen molar-refractivity contribution < 1.29 is 9.90 Å². The van der Waals surface area contributed by atoms with Gasteiger partial charge in [0, 0.05) is 7.05 Å². The molecule has 66 valence electrons. The Balaban J connectivity index is 3.08. The number of hydrogen-bond acceptors (Lipinski definition) is 2. The van der Waals surface area contributed by atoms with Gasteiger partial charge in [0.05, 0.1) is 17.8 Å². The fourth-order valence-electron chi connectivity index (χ4n) is 1.30. The van der Waals surface area contributed by atoms with E-state index in [2.05, 4.69) is 5.10 Å². The van der Waals surface area contributed by atoms with Gasteiger partial charge in [-0.15, -0.1) is 0 Å². The second kappa shape index (κ2) is 2.97. The fourth-order valence-corrected chi connectivity index (χ4v) is 1.30. The van der Waals surface area contributed by atoms with Crippen molar-refractivity contribution in [3.8, 4) is 0 Å². The predicted molar refractivity (Wildman–Crippen MR) is 44.0 cm³/mol. The van der Waals surface area contributed by atoms with Crippen LogP contribution in [0.15, 0.2) is 6.20 Å². The molecule has 1 heterocycles. The van der Waals surface area contributed by atoms with Crippen LogP contribution < -0.4 is 0 Å². The highest BCUT2D eigenvalue weighted by Gasteiger charge is 2.19. The molecule has 4 heteroatoms. The summed E-state index contributed by atoms with van der Waals surface area (Å²) >= 11 is 0. The maximum atomic E-state index is 10.7. The van der Waals surface area contributed by atoms with E-state index in [0.717, 1.165) is 11.3 Å². The van der Waals surface area contributed by atoms with Gasteiger partial charge >= 0.3 is 5.97 Å². The first-order valence-corrected chi connectivity index (χ1v) is 3.75. The maximum Gasteiger partial charge on any atom is 0.312 e. The van der Waals surface area contributed by atoms with Crippen LogP contribution in [0.5, 0.6) is 0 Å². The minimum absolute atomic E-state index is 0.488. The third-order valence-corrected chi connectivity index (χ3v) is 1.96. The normalized spacial score (nSPS) is 12.9. The first-order valence-electron chi connectivity index (χ1n) is 3.75. The number of hydrogen-bond donors (Lipinski definition) is 1.